The van der Waals surface area contributed by atoms with Crippen molar-refractivity contribution in [1.82, 2.24) is 4.90 Å². The first kappa shape index (κ1) is 15.0. The van der Waals surface area contributed by atoms with Gasteiger partial charge < -0.3 is 5.11 Å². The molecule has 0 heterocycles. The van der Waals surface area contributed by atoms with Crippen LogP contribution in [0.2, 0.25) is 0 Å². The zero-order valence-corrected chi connectivity index (χ0v) is 10.4. The molecule has 102 valence electrons. The van der Waals surface area contributed by atoms with Gasteiger partial charge in [-0.05, 0) is 30.7 Å². The number of hydrogen-bond donors (Lipinski definition) is 1. The van der Waals surface area contributed by atoms with Crippen LogP contribution in [0, 0.1) is 0 Å². The summed E-state index contributed by atoms with van der Waals surface area (Å²) in [5.41, 5.74) is 0.229. The van der Waals surface area contributed by atoms with E-state index in [1.807, 2.05) is 6.92 Å². The van der Waals surface area contributed by atoms with Crippen molar-refractivity contribution in [3.8, 4) is 0 Å². The second-order valence-corrected chi connectivity index (χ2v) is 4.14. The fourth-order valence-electron chi connectivity index (χ4n) is 1.70. The van der Waals surface area contributed by atoms with Crippen LogP contribution in [-0.2, 0) is 12.7 Å². The Morgan fingerprint density at radius 3 is 2.22 bits per heavy atom. The molecule has 1 aromatic carbocycles. The highest BCUT2D eigenvalue weighted by molar-refractivity contribution is 5.24. The van der Waals surface area contributed by atoms with Gasteiger partial charge in [-0.15, -0.1) is 0 Å². The number of aliphatic hydroxyl groups is 1. The van der Waals surface area contributed by atoms with Crippen molar-refractivity contribution in [2.75, 3.05) is 19.7 Å². The Kier molecular flexibility index (Phi) is 5.62. The molecule has 0 amide bonds. The summed E-state index contributed by atoms with van der Waals surface area (Å²) in [4.78, 5) is 2.08. The van der Waals surface area contributed by atoms with E-state index in [0.29, 0.717) is 13.0 Å². The molecule has 0 aliphatic carbocycles. The highest BCUT2D eigenvalue weighted by atomic mass is 19.4. The minimum atomic E-state index is -4.28. The van der Waals surface area contributed by atoms with Gasteiger partial charge in [0.2, 0.25) is 0 Å². The molecule has 0 aromatic heterocycles. The average Bonchev–Trinajstić information content (AvgIpc) is 2.34. The van der Waals surface area contributed by atoms with Crippen molar-refractivity contribution in [2.45, 2.75) is 26.1 Å². The largest absolute Gasteiger partial charge is 0.416 e. The van der Waals surface area contributed by atoms with Crippen LogP contribution in [0.4, 0.5) is 13.2 Å². The van der Waals surface area contributed by atoms with E-state index in [-0.39, 0.29) is 6.61 Å². The van der Waals surface area contributed by atoms with Crippen molar-refractivity contribution in [3.05, 3.63) is 35.4 Å². The SMILES string of the molecule is CCN(CCCO)Cc1ccc(C(F)(F)F)cc1. The van der Waals surface area contributed by atoms with Crippen LogP contribution >= 0.6 is 0 Å². The molecule has 0 radical (unpaired) electrons. The molecule has 1 rings (SSSR count). The summed E-state index contributed by atoms with van der Waals surface area (Å²) in [6.07, 6.45) is -3.60. The van der Waals surface area contributed by atoms with E-state index >= 15 is 0 Å². The quantitative estimate of drug-likeness (QED) is 0.851. The van der Waals surface area contributed by atoms with Gasteiger partial charge in [-0.25, -0.2) is 0 Å². The molecule has 0 unspecified atom stereocenters. The molecule has 0 atom stereocenters. The van der Waals surface area contributed by atoms with E-state index in [0.717, 1.165) is 30.8 Å². The Hall–Kier alpha value is -1.07. The number of hydrogen-bond acceptors (Lipinski definition) is 2. The Morgan fingerprint density at radius 2 is 1.78 bits per heavy atom. The summed E-state index contributed by atoms with van der Waals surface area (Å²) in [5, 5.41) is 8.75. The monoisotopic (exact) mass is 261 g/mol. The lowest BCUT2D eigenvalue weighted by molar-refractivity contribution is -0.137. The molecule has 5 heteroatoms. The minimum Gasteiger partial charge on any atom is -0.396 e. The van der Waals surface area contributed by atoms with Crippen LogP contribution in [0.5, 0.6) is 0 Å². The highest BCUT2D eigenvalue weighted by Gasteiger charge is 2.29. The Balaban J connectivity index is 2.62. The van der Waals surface area contributed by atoms with Gasteiger partial charge in [0.1, 0.15) is 0 Å². The number of aliphatic hydroxyl groups excluding tert-OH is 1. The zero-order chi connectivity index (χ0) is 13.6. The molecule has 0 aliphatic heterocycles. The number of benzene rings is 1. The molecule has 0 fully saturated rings. The molecule has 0 bridgehead atoms. The third-order valence-electron chi connectivity index (χ3n) is 2.77. The van der Waals surface area contributed by atoms with E-state index in [1.54, 1.807) is 0 Å². The highest BCUT2D eigenvalue weighted by Crippen LogP contribution is 2.29. The van der Waals surface area contributed by atoms with E-state index in [2.05, 4.69) is 4.90 Å². The van der Waals surface area contributed by atoms with Crippen LogP contribution in [0.25, 0.3) is 0 Å². The number of rotatable bonds is 6. The Labute approximate surface area is 105 Å². The molecule has 0 aliphatic rings. The maximum absolute atomic E-state index is 12.4. The molecular weight excluding hydrogens is 243 g/mol. The van der Waals surface area contributed by atoms with Crippen LogP contribution in [0.15, 0.2) is 24.3 Å². The van der Waals surface area contributed by atoms with Crippen LogP contribution < -0.4 is 0 Å². The summed E-state index contributed by atoms with van der Waals surface area (Å²) in [5.74, 6) is 0. The molecule has 0 spiro atoms. The summed E-state index contributed by atoms with van der Waals surface area (Å²) in [6, 6.07) is 5.22. The van der Waals surface area contributed by atoms with Gasteiger partial charge in [0.25, 0.3) is 0 Å². The lowest BCUT2D eigenvalue weighted by Gasteiger charge is -2.20. The van der Waals surface area contributed by atoms with E-state index in [1.165, 1.54) is 12.1 Å². The topological polar surface area (TPSA) is 23.5 Å². The molecule has 2 nitrogen and oxygen atoms in total. The fraction of sp³-hybridized carbons (Fsp3) is 0.538. The predicted octanol–water partition coefficient (Wildman–Crippen LogP) is 2.91. The average molecular weight is 261 g/mol. The second kappa shape index (κ2) is 6.75. The Morgan fingerprint density at radius 1 is 1.17 bits per heavy atom. The zero-order valence-electron chi connectivity index (χ0n) is 10.4. The third kappa shape index (κ3) is 4.66. The molecule has 0 saturated heterocycles. The smallest absolute Gasteiger partial charge is 0.396 e. The molecule has 1 N–H and O–H groups in total. The number of alkyl halides is 3. The molecule has 1 aromatic rings. The normalized spacial score (nSPS) is 12.1. The third-order valence-corrected chi connectivity index (χ3v) is 2.77. The fourth-order valence-corrected chi connectivity index (χ4v) is 1.70. The van der Waals surface area contributed by atoms with E-state index in [9.17, 15) is 13.2 Å². The summed E-state index contributed by atoms with van der Waals surface area (Å²) < 4.78 is 37.1. The first-order chi connectivity index (χ1) is 8.47. The van der Waals surface area contributed by atoms with Gasteiger partial charge in [0.15, 0.2) is 0 Å². The molecular formula is C13H18F3NO. The molecule has 0 saturated carbocycles. The van der Waals surface area contributed by atoms with Gasteiger partial charge in [-0.2, -0.15) is 13.2 Å². The summed E-state index contributed by atoms with van der Waals surface area (Å²) >= 11 is 0. The van der Waals surface area contributed by atoms with Crippen LogP contribution in [-0.4, -0.2) is 29.7 Å². The van der Waals surface area contributed by atoms with E-state index < -0.39 is 11.7 Å². The molecule has 18 heavy (non-hydrogen) atoms. The second-order valence-electron chi connectivity index (χ2n) is 4.14. The van der Waals surface area contributed by atoms with Gasteiger partial charge in [0, 0.05) is 19.7 Å². The first-order valence-corrected chi connectivity index (χ1v) is 5.96. The van der Waals surface area contributed by atoms with Crippen molar-refractivity contribution in [1.29, 1.82) is 0 Å². The minimum absolute atomic E-state index is 0.128. The van der Waals surface area contributed by atoms with Crippen molar-refractivity contribution < 1.29 is 18.3 Å². The lowest BCUT2D eigenvalue weighted by atomic mass is 10.1. The maximum atomic E-state index is 12.4. The van der Waals surface area contributed by atoms with Gasteiger partial charge >= 0.3 is 6.18 Å². The van der Waals surface area contributed by atoms with Crippen LogP contribution in [0.3, 0.4) is 0 Å². The maximum Gasteiger partial charge on any atom is 0.416 e. The number of halogens is 3. The first-order valence-electron chi connectivity index (χ1n) is 5.96. The van der Waals surface area contributed by atoms with Gasteiger partial charge in [-0.1, -0.05) is 19.1 Å². The lowest BCUT2D eigenvalue weighted by Crippen LogP contribution is -2.24. The van der Waals surface area contributed by atoms with Gasteiger partial charge in [-0.3, -0.25) is 4.90 Å². The van der Waals surface area contributed by atoms with E-state index in [4.69, 9.17) is 5.11 Å². The van der Waals surface area contributed by atoms with Crippen LogP contribution in [0.1, 0.15) is 24.5 Å². The van der Waals surface area contributed by atoms with Crippen molar-refractivity contribution in [2.24, 2.45) is 0 Å². The summed E-state index contributed by atoms with van der Waals surface area (Å²) in [7, 11) is 0. The number of nitrogens with zero attached hydrogens (tertiary/aromatic N) is 1. The standard InChI is InChI=1S/C13H18F3NO/c1-2-17(8-3-9-18)10-11-4-6-12(7-5-11)13(14,15)16/h4-7,18H,2-3,8-10H2,1H3. The summed E-state index contributed by atoms with van der Waals surface area (Å²) in [6.45, 7) is 4.27. The van der Waals surface area contributed by atoms with Gasteiger partial charge in [0.05, 0.1) is 5.56 Å². The van der Waals surface area contributed by atoms with Crippen molar-refractivity contribution >= 4 is 0 Å². The predicted molar refractivity (Wildman–Crippen MR) is 64.1 cm³/mol. The van der Waals surface area contributed by atoms with Crippen molar-refractivity contribution in [3.63, 3.8) is 0 Å². The Bertz CT molecular complexity index is 348.